The maximum absolute atomic E-state index is 6.10. The molecule has 0 fully saturated rings. The normalized spacial score (nSPS) is 10.4. The third-order valence-electron chi connectivity index (χ3n) is 2.39. The molecule has 1 aromatic heterocycles. The zero-order chi connectivity index (χ0) is 14.5. The quantitative estimate of drug-likeness (QED) is 0.732. The summed E-state index contributed by atoms with van der Waals surface area (Å²) in [4.78, 5) is 8.15. The number of hydrogen-bond donors (Lipinski definition) is 1. The van der Waals surface area contributed by atoms with Crippen LogP contribution >= 0.6 is 39.1 Å². The lowest BCUT2D eigenvalue weighted by Gasteiger charge is -2.09. The molecule has 0 bridgehead atoms. The summed E-state index contributed by atoms with van der Waals surface area (Å²) in [5, 5.41) is 4.12. The van der Waals surface area contributed by atoms with Gasteiger partial charge in [0.15, 0.2) is 0 Å². The number of halogens is 3. The van der Waals surface area contributed by atoms with Crippen LogP contribution in [0.4, 0.5) is 5.82 Å². The van der Waals surface area contributed by atoms with Gasteiger partial charge in [0, 0.05) is 23.2 Å². The highest BCUT2D eigenvalue weighted by atomic mass is 79.9. The largest absolute Gasteiger partial charge is 0.437 e. The van der Waals surface area contributed by atoms with Crippen LogP contribution < -0.4 is 10.1 Å². The van der Waals surface area contributed by atoms with Crippen LogP contribution in [0, 0.1) is 0 Å². The summed E-state index contributed by atoms with van der Waals surface area (Å²) in [5.74, 6) is 1.55. The molecule has 2 aromatic rings. The minimum absolute atomic E-state index is 0.402. The Bertz CT molecular complexity index is 610. The van der Waals surface area contributed by atoms with Gasteiger partial charge >= 0.3 is 0 Å². The van der Waals surface area contributed by atoms with E-state index in [2.05, 4.69) is 38.1 Å². The number of aromatic nitrogens is 2. The summed E-state index contributed by atoms with van der Waals surface area (Å²) in [5.41, 5.74) is 0. The van der Waals surface area contributed by atoms with Crippen LogP contribution in [-0.2, 0) is 0 Å². The third-order valence-corrected chi connectivity index (χ3v) is 3.88. The number of hydrogen-bond acceptors (Lipinski definition) is 4. The molecule has 106 valence electrons. The predicted molar refractivity (Wildman–Crippen MR) is 85.0 cm³/mol. The Hall–Kier alpha value is -1.04. The SMILES string of the molecule is CCCNc1cc(Oc2cc(Cl)c(Br)cc2Cl)ncn1. The van der Waals surface area contributed by atoms with Crippen LogP contribution in [0.3, 0.4) is 0 Å². The molecule has 7 heteroatoms. The molecule has 1 aromatic carbocycles. The highest BCUT2D eigenvalue weighted by molar-refractivity contribution is 9.10. The van der Waals surface area contributed by atoms with Crippen molar-refractivity contribution in [2.75, 3.05) is 11.9 Å². The van der Waals surface area contributed by atoms with Crippen molar-refractivity contribution in [2.24, 2.45) is 0 Å². The third kappa shape index (κ3) is 3.98. The highest BCUT2D eigenvalue weighted by Crippen LogP contribution is 2.36. The van der Waals surface area contributed by atoms with Crippen LogP contribution in [0.25, 0.3) is 0 Å². The summed E-state index contributed by atoms with van der Waals surface area (Å²) in [7, 11) is 0. The van der Waals surface area contributed by atoms with E-state index in [0.717, 1.165) is 13.0 Å². The zero-order valence-electron chi connectivity index (χ0n) is 10.7. The molecule has 0 spiro atoms. The van der Waals surface area contributed by atoms with Gasteiger partial charge in [0.1, 0.15) is 17.9 Å². The van der Waals surface area contributed by atoms with E-state index in [-0.39, 0.29) is 0 Å². The van der Waals surface area contributed by atoms with Crippen molar-refractivity contribution >= 4 is 44.9 Å². The van der Waals surface area contributed by atoms with Crippen LogP contribution in [0.5, 0.6) is 11.6 Å². The van der Waals surface area contributed by atoms with Gasteiger partial charge in [0.2, 0.25) is 5.88 Å². The number of ether oxygens (including phenoxy) is 1. The van der Waals surface area contributed by atoms with Crippen LogP contribution in [0.1, 0.15) is 13.3 Å². The number of nitrogens with zero attached hydrogens (tertiary/aromatic N) is 2. The first-order chi connectivity index (χ1) is 9.60. The lowest BCUT2D eigenvalue weighted by atomic mass is 10.3. The molecule has 0 unspecified atom stereocenters. The van der Waals surface area contributed by atoms with Crippen LogP contribution in [-0.4, -0.2) is 16.5 Å². The Morgan fingerprint density at radius 1 is 1.20 bits per heavy atom. The topological polar surface area (TPSA) is 47.0 Å². The van der Waals surface area contributed by atoms with Gasteiger partial charge in [-0.3, -0.25) is 0 Å². The molecule has 2 rings (SSSR count). The number of rotatable bonds is 5. The van der Waals surface area contributed by atoms with Gasteiger partial charge in [0.25, 0.3) is 0 Å². The van der Waals surface area contributed by atoms with E-state index in [1.54, 1.807) is 18.2 Å². The highest BCUT2D eigenvalue weighted by Gasteiger charge is 2.09. The summed E-state index contributed by atoms with van der Waals surface area (Å²) in [6, 6.07) is 5.02. The van der Waals surface area contributed by atoms with Crippen LogP contribution in [0.2, 0.25) is 10.0 Å². The lowest BCUT2D eigenvalue weighted by molar-refractivity contribution is 0.462. The maximum atomic E-state index is 6.10. The van der Waals surface area contributed by atoms with Crippen molar-refractivity contribution in [3.05, 3.63) is 39.0 Å². The van der Waals surface area contributed by atoms with Crippen molar-refractivity contribution in [3.8, 4) is 11.6 Å². The number of benzene rings is 1. The molecule has 4 nitrogen and oxygen atoms in total. The first-order valence-corrected chi connectivity index (χ1v) is 7.53. The average Bonchev–Trinajstić information content (AvgIpc) is 2.43. The minimum atomic E-state index is 0.402. The fourth-order valence-electron chi connectivity index (χ4n) is 1.44. The molecular weight excluding hydrogens is 365 g/mol. The van der Waals surface area contributed by atoms with Crippen molar-refractivity contribution in [1.82, 2.24) is 9.97 Å². The van der Waals surface area contributed by atoms with Gasteiger partial charge in [-0.05, 0) is 28.4 Å². The molecule has 1 heterocycles. The van der Waals surface area contributed by atoms with E-state index in [1.807, 2.05) is 0 Å². The standard InChI is InChI=1S/C13H12BrCl2N3O/c1-2-3-17-12-6-13(19-7-18-12)20-11-5-9(15)8(14)4-10(11)16/h4-7H,2-3H2,1H3,(H,17,18,19). The second kappa shape index (κ2) is 7.11. The molecule has 0 aliphatic carbocycles. The molecule has 0 atom stereocenters. The minimum Gasteiger partial charge on any atom is -0.437 e. The number of anilines is 1. The molecule has 1 N–H and O–H groups in total. The second-order valence-electron chi connectivity index (χ2n) is 3.97. The maximum Gasteiger partial charge on any atom is 0.224 e. The van der Waals surface area contributed by atoms with Gasteiger partial charge < -0.3 is 10.1 Å². The summed E-state index contributed by atoms with van der Waals surface area (Å²) < 4.78 is 6.35. The summed E-state index contributed by atoms with van der Waals surface area (Å²) in [6.45, 7) is 2.91. The van der Waals surface area contributed by atoms with E-state index >= 15 is 0 Å². The van der Waals surface area contributed by atoms with E-state index in [1.165, 1.54) is 6.33 Å². The summed E-state index contributed by atoms with van der Waals surface area (Å²) in [6.07, 6.45) is 2.44. The van der Waals surface area contributed by atoms with Gasteiger partial charge in [-0.1, -0.05) is 30.1 Å². The van der Waals surface area contributed by atoms with Crippen molar-refractivity contribution < 1.29 is 4.74 Å². The predicted octanol–water partition coefficient (Wildman–Crippen LogP) is 5.16. The van der Waals surface area contributed by atoms with E-state index in [9.17, 15) is 0 Å². The Labute approximate surface area is 135 Å². The first kappa shape index (κ1) is 15.4. The van der Waals surface area contributed by atoms with Gasteiger partial charge in [-0.25, -0.2) is 9.97 Å². The molecule has 0 aliphatic heterocycles. The van der Waals surface area contributed by atoms with E-state index in [0.29, 0.717) is 32.0 Å². The van der Waals surface area contributed by atoms with E-state index < -0.39 is 0 Å². The zero-order valence-corrected chi connectivity index (χ0v) is 13.8. The summed E-state index contributed by atoms with van der Waals surface area (Å²) >= 11 is 15.4. The van der Waals surface area contributed by atoms with Gasteiger partial charge in [-0.15, -0.1) is 0 Å². The lowest BCUT2D eigenvalue weighted by Crippen LogP contribution is -2.02. The molecule has 0 radical (unpaired) electrons. The Morgan fingerprint density at radius 2 is 2.00 bits per heavy atom. The molecular formula is C13H12BrCl2N3O. The Morgan fingerprint density at radius 3 is 2.75 bits per heavy atom. The molecule has 0 amide bonds. The van der Waals surface area contributed by atoms with Gasteiger partial charge in [0.05, 0.1) is 10.0 Å². The van der Waals surface area contributed by atoms with Gasteiger partial charge in [-0.2, -0.15) is 0 Å². The number of nitrogens with one attached hydrogen (secondary N) is 1. The Balaban J connectivity index is 2.19. The smallest absolute Gasteiger partial charge is 0.224 e. The van der Waals surface area contributed by atoms with E-state index in [4.69, 9.17) is 27.9 Å². The monoisotopic (exact) mass is 375 g/mol. The van der Waals surface area contributed by atoms with Crippen molar-refractivity contribution in [2.45, 2.75) is 13.3 Å². The second-order valence-corrected chi connectivity index (χ2v) is 5.64. The molecule has 0 saturated carbocycles. The molecule has 20 heavy (non-hydrogen) atoms. The fraction of sp³-hybridized carbons (Fsp3) is 0.231. The van der Waals surface area contributed by atoms with Crippen LogP contribution in [0.15, 0.2) is 29.0 Å². The van der Waals surface area contributed by atoms with Crippen molar-refractivity contribution in [1.29, 1.82) is 0 Å². The Kier molecular flexibility index (Phi) is 5.46. The van der Waals surface area contributed by atoms with Crippen molar-refractivity contribution in [3.63, 3.8) is 0 Å². The average molecular weight is 377 g/mol. The molecule has 0 aliphatic rings. The first-order valence-electron chi connectivity index (χ1n) is 5.98. The fourth-order valence-corrected chi connectivity index (χ4v) is 2.27. The molecule has 0 saturated heterocycles.